The molecule has 9 nitrogen and oxygen atoms in total. The average Bonchev–Trinajstić information content (AvgIpc) is 2.70. The van der Waals surface area contributed by atoms with Gasteiger partial charge in [-0.2, -0.15) is 9.78 Å². The largest absolute Gasteiger partial charge is 0.391 e. The van der Waals surface area contributed by atoms with Crippen LogP contribution in [0.15, 0.2) is 15.8 Å². The van der Waals surface area contributed by atoms with Gasteiger partial charge in [0, 0.05) is 0 Å². The Morgan fingerprint density at radius 3 is 2.91 bits per heavy atom. The number of hydrogen-bond acceptors (Lipinski definition) is 7. The lowest BCUT2D eigenvalue weighted by Crippen LogP contribution is -2.56. The van der Waals surface area contributed by atoms with E-state index in [0.717, 1.165) is 6.20 Å². The van der Waals surface area contributed by atoms with Crippen LogP contribution in [0, 0.1) is 11.8 Å². The number of H-pyrrole nitrogens is 1. The number of nitrogens with zero attached hydrogens (tertiary/aromatic N) is 2. The summed E-state index contributed by atoms with van der Waals surface area (Å²) < 4.78 is 18.4. The molecule has 0 aliphatic carbocycles. The van der Waals surface area contributed by atoms with E-state index in [9.17, 15) is 24.2 Å². The Hall–Kier alpha value is -2.06. The van der Waals surface area contributed by atoms with Crippen LogP contribution in [0.1, 0.15) is 13.2 Å². The first-order valence-corrected chi connectivity index (χ1v) is 6.36. The second-order valence-corrected chi connectivity index (χ2v) is 4.89. The zero-order valence-corrected chi connectivity index (χ0v) is 11.6. The summed E-state index contributed by atoms with van der Waals surface area (Å²) in [7, 11) is 0. The Bertz CT molecular complexity index is 720. The highest BCUT2D eigenvalue weighted by Gasteiger charge is 2.56. The Kier molecular flexibility index (Phi) is 4.43. The lowest BCUT2D eigenvalue weighted by atomic mass is 9.90. The molecule has 1 aromatic heterocycles. The van der Waals surface area contributed by atoms with E-state index in [1.54, 1.807) is 0 Å². The smallest absolute Gasteiger partial charge is 0.347 e. The average molecular weight is 314 g/mol. The van der Waals surface area contributed by atoms with E-state index in [2.05, 4.69) is 16.9 Å². The molecule has 1 aliphatic heterocycles. The summed E-state index contributed by atoms with van der Waals surface area (Å²) in [5, 5.41) is 23.5. The van der Waals surface area contributed by atoms with Gasteiger partial charge in [-0.25, -0.2) is 9.18 Å². The molecule has 0 aromatic carbocycles. The number of alkyl halides is 1. The lowest BCUT2D eigenvalue weighted by Gasteiger charge is -2.27. The fourth-order valence-electron chi connectivity index (χ4n) is 2.24. The molecule has 0 bridgehead atoms. The minimum atomic E-state index is -1.89. The molecule has 2 rings (SSSR count). The number of ether oxygens (including phenoxy) is 1. The van der Waals surface area contributed by atoms with E-state index in [4.69, 9.17) is 10.5 Å². The van der Waals surface area contributed by atoms with Crippen LogP contribution in [0.25, 0.3) is 0 Å². The van der Waals surface area contributed by atoms with Gasteiger partial charge in [-0.3, -0.25) is 9.78 Å². The van der Waals surface area contributed by atoms with Gasteiger partial charge < -0.3 is 20.7 Å². The number of aromatic nitrogens is 3. The van der Waals surface area contributed by atoms with Crippen molar-refractivity contribution in [2.24, 2.45) is 5.73 Å². The van der Waals surface area contributed by atoms with Crippen molar-refractivity contribution in [3.05, 3.63) is 27.0 Å². The number of aliphatic hydroxyl groups excluding tert-OH is 2. The molecular formula is C12H15FN4O5. The number of nitrogens with one attached hydrogen (secondary N) is 1. The summed E-state index contributed by atoms with van der Waals surface area (Å²) in [6.45, 7) is 0.327. The Morgan fingerprint density at radius 1 is 1.68 bits per heavy atom. The molecule has 120 valence electrons. The molecule has 1 saturated heterocycles. The molecule has 22 heavy (non-hydrogen) atoms. The number of aliphatic hydroxyl groups is 2. The van der Waals surface area contributed by atoms with E-state index >= 15 is 0 Å². The maximum absolute atomic E-state index is 12.3. The predicted molar refractivity (Wildman–Crippen MR) is 71.4 cm³/mol. The van der Waals surface area contributed by atoms with Gasteiger partial charge >= 0.3 is 5.69 Å². The minimum absolute atomic E-state index is 0.680. The van der Waals surface area contributed by atoms with Gasteiger partial charge in [-0.15, -0.1) is 0 Å². The molecule has 0 spiro atoms. The lowest BCUT2D eigenvalue weighted by molar-refractivity contribution is -0.0817. The number of aromatic amines is 1. The molecule has 10 heteroatoms. The summed E-state index contributed by atoms with van der Waals surface area (Å²) in [6, 6.07) is 0. The van der Waals surface area contributed by atoms with Gasteiger partial charge in [0.25, 0.3) is 5.56 Å². The molecule has 1 unspecified atom stereocenters. The first-order chi connectivity index (χ1) is 10.3. The van der Waals surface area contributed by atoms with E-state index < -0.39 is 48.0 Å². The highest BCUT2D eigenvalue weighted by Crippen LogP contribution is 2.36. The van der Waals surface area contributed by atoms with Crippen LogP contribution in [-0.4, -0.2) is 55.5 Å². The normalized spacial score (nSPS) is 32.3. The fourth-order valence-corrected chi connectivity index (χ4v) is 2.24. The summed E-state index contributed by atoms with van der Waals surface area (Å²) in [5.74, 6) is 4.38. The topological polar surface area (TPSA) is 143 Å². The third kappa shape index (κ3) is 2.67. The monoisotopic (exact) mass is 314 g/mol. The van der Waals surface area contributed by atoms with Crippen LogP contribution in [0.3, 0.4) is 0 Å². The first-order valence-electron chi connectivity index (χ1n) is 6.36. The molecule has 1 fully saturated rings. The molecule has 0 radical (unpaired) electrons. The Labute approximate surface area is 123 Å². The summed E-state index contributed by atoms with van der Waals surface area (Å²) >= 11 is 0. The Morgan fingerprint density at radius 2 is 2.36 bits per heavy atom. The minimum Gasteiger partial charge on any atom is -0.391 e. The van der Waals surface area contributed by atoms with Crippen molar-refractivity contribution in [2.75, 3.05) is 6.67 Å². The van der Waals surface area contributed by atoms with Crippen LogP contribution in [0.5, 0.6) is 0 Å². The summed E-state index contributed by atoms with van der Waals surface area (Å²) in [6.07, 6.45) is -4.39. The number of nitrogens with two attached hydrogens (primary N) is 1. The molecule has 1 aliphatic rings. The van der Waals surface area contributed by atoms with Crippen molar-refractivity contribution >= 4 is 0 Å². The van der Waals surface area contributed by atoms with Crippen LogP contribution >= 0.6 is 0 Å². The zero-order valence-electron chi connectivity index (χ0n) is 11.6. The predicted octanol–water partition coefficient (Wildman–Crippen LogP) is -2.76. The maximum Gasteiger partial charge on any atom is 0.347 e. The molecule has 1 aromatic rings. The van der Waals surface area contributed by atoms with E-state index in [0.29, 0.717) is 4.68 Å². The highest BCUT2D eigenvalue weighted by atomic mass is 19.1. The second kappa shape index (κ2) is 5.98. The van der Waals surface area contributed by atoms with Gasteiger partial charge in [0.15, 0.2) is 11.8 Å². The van der Waals surface area contributed by atoms with Crippen molar-refractivity contribution in [2.45, 2.75) is 37.0 Å². The van der Waals surface area contributed by atoms with Crippen molar-refractivity contribution in [1.82, 2.24) is 14.8 Å². The quantitative estimate of drug-likeness (QED) is 0.433. The molecule has 5 atom stereocenters. The van der Waals surface area contributed by atoms with Gasteiger partial charge in [-0.1, -0.05) is 11.8 Å². The molecule has 0 amide bonds. The van der Waals surface area contributed by atoms with Crippen molar-refractivity contribution in [3.8, 4) is 11.8 Å². The molecular weight excluding hydrogens is 299 g/mol. The number of rotatable bonds is 2. The molecule has 2 heterocycles. The zero-order chi connectivity index (χ0) is 16.5. The maximum atomic E-state index is 12.3. The van der Waals surface area contributed by atoms with Gasteiger partial charge in [0.05, 0.1) is 6.10 Å². The van der Waals surface area contributed by atoms with Crippen molar-refractivity contribution in [3.63, 3.8) is 0 Å². The van der Waals surface area contributed by atoms with Crippen molar-refractivity contribution in [1.29, 1.82) is 0 Å². The van der Waals surface area contributed by atoms with Crippen molar-refractivity contribution < 1.29 is 19.3 Å². The fraction of sp³-hybridized carbons (Fsp3) is 0.583. The Balaban J connectivity index is 2.55. The number of halogens is 1. The van der Waals surface area contributed by atoms with Gasteiger partial charge in [-0.05, 0) is 6.92 Å². The third-order valence-electron chi connectivity index (χ3n) is 3.30. The van der Waals surface area contributed by atoms with E-state index in [1.807, 2.05) is 4.98 Å². The van der Waals surface area contributed by atoms with Crippen LogP contribution in [0.4, 0.5) is 4.39 Å². The first kappa shape index (κ1) is 16.3. The van der Waals surface area contributed by atoms with E-state index in [1.165, 1.54) is 6.92 Å². The molecule has 0 saturated carbocycles. The summed E-state index contributed by atoms with van der Waals surface area (Å²) in [4.78, 5) is 24.8. The summed E-state index contributed by atoms with van der Waals surface area (Å²) in [5.41, 5.74) is 2.43. The SMILES string of the molecule is C[C@@H](O)[C@H]1O[C@@H](n2ncc(=O)[nH]c2=O)C(N)(C#CCF)[C@H]1O. The molecule has 5 N–H and O–H groups in total. The van der Waals surface area contributed by atoms with Gasteiger partial charge in [0.1, 0.15) is 25.1 Å². The van der Waals surface area contributed by atoms with Crippen LogP contribution in [-0.2, 0) is 4.74 Å². The van der Waals surface area contributed by atoms with Crippen LogP contribution < -0.4 is 17.0 Å². The highest BCUT2D eigenvalue weighted by molar-refractivity contribution is 5.25. The third-order valence-corrected chi connectivity index (χ3v) is 3.30. The standard InChI is InChI=1S/C12H15FN4O5/c1-6(18)8-9(20)12(14,3-2-4-13)10(22-8)17-11(21)16-7(19)5-15-17/h5-6,8-10,18,20H,4,14H2,1H3,(H,16,19,21)/t6-,8-,9+,10-,12?/m1/s1. The second-order valence-electron chi connectivity index (χ2n) is 4.89. The number of hydrogen-bond donors (Lipinski definition) is 4. The van der Waals surface area contributed by atoms with E-state index in [-0.39, 0.29) is 0 Å². The van der Waals surface area contributed by atoms with Crippen LogP contribution in [0.2, 0.25) is 0 Å². The van der Waals surface area contributed by atoms with Gasteiger partial charge in [0.2, 0.25) is 0 Å².